The van der Waals surface area contributed by atoms with Gasteiger partial charge in [0.05, 0.1) is 6.61 Å². The fourth-order valence-corrected chi connectivity index (χ4v) is 2.20. The molecule has 108 valence electrons. The minimum atomic E-state index is 0.00213. The van der Waals surface area contributed by atoms with Crippen LogP contribution in [-0.4, -0.2) is 32.2 Å². The van der Waals surface area contributed by atoms with Gasteiger partial charge in [0.15, 0.2) is 0 Å². The molecule has 0 aliphatic heterocycles. The van der Waals surface area contributed by atoms with Crippen molar-refractivity contribution in [3.8, 4) is 0 Å². The summed E-state index contributed by atoms with van der Waals surface area (Å²) in [6.07, 6.45) is 2.41. The summed E-state index contributed by atoms with van der Waals surface area (Å²) in [7, 11) is 1.63. The van der Waals surface area contributed by atoms with Crippen LogP contribution < -0.4 is 11.1 Å². The molecule has 2 unspecified atom stereocenters. The molecular weight excluding hydrogens is 228 g/mol. The van der Waals surface area contributed by atoms with E-state index < -0.39 is 0 Å². The number of carbonyl (C=O) groups excluding carboxylic acids is 1. The van der Waals surface area contributed by atoms with Crippen molar-refractivity contribution in [2.75, 3.05) is 20.3 Å². The fraction of sp³-hybridized carbons (Fsp3) is 0.929. The summed E-state index contributed by atoms with van der Waals surface area (Å²) in [6, 6.07) is 0.00213. The molecule has 0 aromatic heterocycles. The third kappa shape index (κ3) is 10.5. The van der Waals surface area contributed by atoms with Crippen LogP contribution in [0.4, 0.5) is 0 Å². The van der Waals surface area contributed by atoms with Crippen molar-refractivity contribution in [3.63, 3.8) is 0 Å². The summed E-state index contributed by atoms with van der Waals surface area (Å²) in [5.41, 5.74) is 6.06. The van der Waals surface area contributed by atoms with Gasteiger partial charge in [-0.2, -0.15) is 0 Å². The molecule has 0 heterocycles. The first-order chi connectivity index (χ1) is 8.24. The molecule has 0 fully saturated rings. The number of nitrogens with one attached hydrogen (secondary N) is 1. The highest BCUT2D eigenvalue weighted by Gasteiger charge is 2.17. The third-order valence-electron chi connectivity index (χ3n) is 2.71. The summed E-state index contributed by atoms with van der Waals surface area (Å²) in [5, 5.41) is 2.91. The Hall–Kier alpha value is -0.610. The van der Waals surface area contributed by atoms with Crippen LogP contribution in [0.25, 0.3) is 0 Å². The van der Waals surface area contributed by atoms with Crippen molar-refractivity contribution in [2.45, 2.75) is 53.0 Å². The molecule has 0 rings (SSSR count). The Bertz CT molecular complexity index is 236. The van der Waals surface area contributed by atoms with Crippen LogP contribution in [0.5, 0.6) is 0 Å². The number of rotatable bonds is 8. The van der Waals surface area contributed by atoms with E-state index in [1.807, 2.05) is 0 Å². The predicted octanol–water partition coefficient (Wildman–Crippen LogP) is 1.93. The van der Waals surface area contributed by atoms with E-state index in [2.05, 4.69) is 33.0 Å². The molecule has 0 aromatic rings. The lowest BCUT2D eigenvalue weighted by atomic mass is 9.84. The minimum Gasteiger partial charge on any atom is -0.383 e. The molecule has 18 heavy (non-hydrogen) atoms. The first-order valence-corrected chi connectivity index (χ1v) is 6.76. The molecule has 0 aromatic carbocycles. The normalized spacial score (nSPS) is 15.2. The Labute approximate surface area is 112 Å². The quantitative estimate of drug-likeness (QED) is 0.699. The van der Waals surface area contributed by atoms with Crippen molar-refractivity contribution < 1.29 is 9.53 Å². The van der Waals surface area contributed by atoms with Gasteiger partial charge in [0.25, 0.3) is 0 Å². The van der Waals surface area contributed by atoms with Crippen LogP contribution in [-0.2, 0) is 9.53 Å². The van der Waals surface area contributed by atoms with Gasteiger partial charge in [0.2, 0.25) is 5.91 Å². The van der Waals surface area contributed by atoms with Gasteiger partial charge >= 0.3 is 0 Å². The number of ether oxygens (including phenoxy) is 1. The van der Waals surface area contributed by atoms with E-state index in [-0.39, 0.29) is 17.4 Å². The smallest absolute Gasteiger partial charge is 0.220 e. The van der Waals surface area contributed by atoms with E-state index in [1.165, 1.54) is 0 Å². The Morgan fingerprint density at radius 2 is 2.00 bits per heavy atom. The zero-order chi connectivity index (χ0) is 14.2. The van der Waals surface area contributed by atoms with Crippen molar-refractivity contribution in [1.29, 1.82) is 0 Å². The average molecular weight is 258 g/mol. The standard InChI is InChI=1S/C14H30N2O2/c1-11(9-14(2,3)4)8-13(17)16-7-6-12(15)10-18-5/h11-12H,6-10,15H2,1-5H3,(H,16,17). The van der Waals surface area contributed by atoms with E-state index >= 15 is 0 Å². The zero-order valence-electron chi connectivity index (χ0n) is 12.6. The van der Waals surface area contributed by atoms with Gasteiger partial charge in [0.1, 0.15) is 0 Å². The largest absolute Gasteiger partial charge is 0.383 e. The van der Waals surface area contributed by atoms with E-state index in [9.17, 15) is 4.79 Å². The van der Waals surface area contributed by atoms with Crippen LogP contribution in [0.15, 0.2) is 0 Å². The van der Waals surface area contributed by atoms with Crippen molar-refractivity contribution in [1.82, 2.24) is 5.32 Å². The Morgan fingerprint density at radius 3 is 2.50 bits per heavy atom. The molecule has 1 amide bonds. The van der Waals surface area contributed by atoms with Crippen LogP contribution in [0.1, 0.15) is 47.0 Å². The lowest BCUT2D eigenvalue weighted by molar-refractivity contribution is -0.122. The average Bonchev–Trinajstić information content (AvgIpc) is 2.14. The summed E-state index contributed by atoms with van der Waals surface area (Å²) < 4.78 is 4.94. The van der Waals surface area contributed by atoms with Gasteiger partial charge in [-0.15, -0.1) is 0 Å². The lowest BCUT2D eigenvalue weighted by Gasteiger charge is -2.22. The predicted molar refractivity (Wildman–Crippen MR) is 75.3 cm³/mol. The van der Waals surface area contributed by atoms with Crippen molar-refractivity contribution in [3.05, 3.63) is 0 Å². The monoisotopic (exact) mass is 258 g/mol. The Morgan fingerprint density at radius 1 is 1.39 bits per heavy atom. The summed E-state index contributed by atoms with van der Waals surface area (Å²) in [4.78, 5) is 11.7. The molecule has 0 saturated carbocycles. The molecule has 2 atom stereocenters. The molecule has 0 aliphatic rings. The fourth-order valence-electron chi connectivity index (χ4n) is 2.20. The van der Waals surface area contributed by atoms with Gasteiger partial charge in [-0.25, -0.2) is 0 Å². The zero-order valence-corrected chi connectivity index (χ0v) is 12.6. The molecule has 4 heteroatoms. The van der Waals surface area contributed by atoms with E-state index in [0.717, 1.165) is 12.8 Å². The Balaban J connectivity index is 3.71. The highest BCUT2D eigenvalue weighted by molar-refractivity contribution is 5.76. The minimum absolute atomic E-state index is 0.00213. The van der Waals surface area contributed by atoms with Crippen LogP contribution in [0.2, 0.25) is 0 Å². The third-order valence-corrected chi connectivity index (χ3v) is 2.71. The number of methoxy groups -OCH3 is 1. The molecule has 4 nitrogen and oxygen atoms in total. The molecule has 3 N–H and O–H groups in total. The SMILES string of the molecule is COCC(N)CCNC(=O)CC(C)CC(C)(C)C. The van der Waals surface area contributed by atoms with Crippen molar-refractivity contribution in [2.24, 2.45) is 17.1 Å². The van der Waals surface area contributed by atoms with Crippen LogP contribution in [0.3, 0.4) is 0 Å². The molecule has 0 saturated heterocycles. The number of hydrogen-bond donors (Lipinski definition) is 2. The summed E-state index contributed by atoms with van der Waals surface area (Å²) in [6.45, 7) is 9.89. The molecular formula is C14H30N2O2. The van der Waals surface area contributed by atoms with E-state index in [1.54, 1.807) is 7.11 Å². The highest BCUT2D eigenvalue weighted by atomic mass is 16.5. The maximum absolute atomic E-state index is 11.7. The number of hydrogen-bond acceptors (Lipinski definition) is 3. The van der Waals surface area contributed by atoms with Gasteiger partial charge < -0.3 is 15.8 Å². The van der Waals surface area contributed by atoms with Gasteiger partial charge in [-0.1, -0.05) is 27.7 Å². The maximum Gasteiger partial charge on any atom is 0.220 e. The van der Waals surface area contributed by atoms with Gasteiger partial charge in [-0.05, 0) is 24.2 Å². The summed E-state index contributed by atoms with van der Waals surface area (Å²) in [5.74, 6) is 0.536. The molecule has 0 radical (unpaired) electrons. The summed E-state index contributed by atoms with van der Waals surface area (Å²) >= 11 is 0. The number of carbonyl (C=O) groups is 1. The van der Waals surface area contributed by atoms with Gasteiger partial charge in [-0.3, -0.25) is 4.79 Å². The second kappa shape index (κ2) is 8.48. The first kappa shape index (κ1) is 17.4. The maximum atomic E-state index is 11.7. The Kier molecular flexibility index (Phi) is 8.20. The highest BCUT2D eigenvalue weighted by Crippen LogP contribution is 2.25. The number of amides is 1. The van der Waals surface area contributed by atoms with Crippen molar-refractivity contribution >= 4 is 5.91 Å². The van der Waals surface area contributed by atoms with Crippen LogP contribution >= 0.6 is 0 Å². The first-order valence-electron chi connectivity index (χ1n) is 6.76. The van der Waals surface area contributed by atoms with E-state index in [4.69, 9.17) is 10.5 Å². The number of nitrogens with two attached hydrogens (primary N) is 1. The molecule has 0 spiro atoms. The molecule has 0 bridgehead atoms. The second-order valence-electron chi connectivity index (χ2n) is 6.43. The van der Waals surface area contributed by atoms with Gasteiger partial charge in [0, 0.05) is 26.1 Å². The second-order valence-corrected chi connectivity index (χ2v) is 6.43. The molecule has 0 aliphatic carbocycles. The topological polar surface area (TPSA) is 64.3 Å². The lowest BCUT2D eigenvalue weighted by Crippen LogP contribution is -2.33. The van der Waals surface area contributed by atoms with Crippen LogP contribution in [0, 0.1) is 11.3 Å². The van der Waals surface area contributed by atoms with E-state index in [0.29, 0.717) is 25.5 Å².